The Morgan fingerprint density at radius 1 is 1.25 bits per heavy atom. The summed E-state index contributed by atoms with van der Waals surface area (Å²) in [5.74, 6) is -8.14. The van der Waals surface area contributed by atoms with Gasteiger partial charge in [-0.1, -0.05) is 13.0 Å². The molecule has 0 radical (unpaired) electrons. The largest absolute Gasteiger partial charge is 0.480 e. The Labute approximate surface area is 202 Å². The van der Waals surface area contributed by atoms with Gasteiger partial charge >= 0.3 is 11.9 Å². The van der Waals surface area contributed by atoms with E-state index in [-0.39, 0.29) is 34.9 Å². The highest BCUT2D eigenvalue weighted by Gasteiger charge is 2.49. The van der Waals surface area contributed by atoms with Crippen LogP contribution in [0.3, 0.4) is 0 Å². The van der Waals surface area contributed by atoms with Gasteiger partial charge in [-0.15, -0.1) is 0 Å². The summed E-state index contributed by atoms with van der Waals surface area (Å²) in [4.78, 5) is 33.7. The summed E-state index contributed by atoms with van der Waals surface area (Å²) < 4.78 is 58.4. The topological polar surface area (TPSA) is 120 Å². The lowest BCUT2D eigenvalue weighted by Crippen LogP contribution is -2.43. The van der Waals surface area contributed by atoms with E-state index in [0.717, 1.165) is 11.0 Å². The summed E-state index contributed by atoms with van der Waals surface area (Å²) in [6, 6.07) is -0.797. The molecule has 3 N–H and O–H groups in total. The van der Waals surface area contributed by atoms with Gasteiger partial charge in [-0.05, 0) is 23.6 Å². The van der Waals surface area contributed by atoms with Gasteiger partial charge in [0.05, 0.1) is 12.1 Å². The van der Waals surface area contributed by atoms with Crippen molar-refractivity contribution in [2.75, 3.05) is 13.1 Å². The van der Waals surface area contributed by atoms with E-state index in [1.807, 2.05) is 0 Å². The summed E-state index contributed by atoms with van der Waals surface area (Å²) in [6.45, 7) is 0.187. The van der Waals surface area contributed by atoms with Crippen molar-refractivity contribution in [3.63, 3.8) is 0 Å². The summed E-state index contributed by atoms with van der Waals surface area (Å²) in [6.07, 6.45) is 2.16. The van der Waals surface area contributed by atoms with Crippen LogP contribution in [-0.2, 0) is 23.1 Å². The first-order valence-corrected chi connectivity index (χ1v) is 11.0. The fraction of sp³-hybridized carbons (Fsp3) is 0.391. The van der Waals surface area contributed by atoms with Crippen LogP contribution in [0, 0.1) is 11.6 Å². The van der Waals surface area contributed by atoms with Crippen molar-refractivity contribution in [3.05, 3.63) is 64.4 Å². The Kier molecular flexibility index (Phi) is 6.60. The van der Waals surface area contributed by atoms with Crippen molar-refractivity contribution >= 4 is 17.8 Å². The molecule has 0 saturated carbocycles. The fourth-order valence-corrected chi connectivity index (χ4v) is 4.62. The second-order valence-corrected chi connectivity index (χ2v) is 8.67. The number of hydrogen-bond acceptors (Lipinski definition) is 6. The maximum Gasteiger partial charge on any atom is 0.335 e. The van der Waals surface area contributed by atoms with Crippen LogP contribution in [0.25, 0.3) is 0 Å². The summed E-state index contributed by atoms with van der Waals surface area (Å²) in [5.41, 5.74) is -0.496. The molecule has 36 heavy (non-hydrogen) atoms. The van der Waals surface area contributed by atoms with Crippen molar-refractivity contribution in [2.24, 2.45) is 12.0 Å². The summed E-state index contributed by atoms with van der Waals surface area (Å²) in [7, 11) is 1.65. The van der Waals surface area contributed by atoms with E-state index in [2.05, 4.69) is 15.3 Å². The minimum Gasteiger partial charge on any atom is -0.480 e. The molecule has 0 aliphatic carbocycles. The zero-order valence-electron chi connectivity index (χ0n) is 19.3. The molecule has 1 fully saturated rings. The minimum absolute atomic E-state index is 0.0256. The number of nitrogens with zero attached hydrogens (tertiary/aromatic N) is 4. The number of likely N-dealkylation sites (tertiary alicyclic amines) is 1. The Balaban J connectivity index is 1.88. The number of aliphatic imine (C=N–C) groups is 1. The number of amidine groups is 1. The van der Waals surface area contributed by atoms with Gasteiger partial charge in [-0.3, -0.25) is 14.7 Å². The second kappa shape index (κ2) is 9.37. The Morgan fingerprint density at radius 2 is 1.97 bits per heavy atom. The van der Waals surface area contributed by atoms with E-state index >= 15 is 0 Å². The number of benzene rings is 1. The van der Waals surface area contributed by atoms with E-state index in [1.165, 1.54) is 12.3 Å². The van der Waals surface area contributed by atoms with E-state index in [1.54, 1.807) is 24.7 Å². The van der Waals surface area contributed by atoms with Crippen molar-refractivity contribution in [1.82, 2.24) is 19.8 Å². The van der Waals surface area contributed by atoms with Crippen LogP contribution in [-0.4, -0.2) is 67.5 Å². The Morgan fingerprint density at radius 3 is 2.56 bits per heavy atom. The molecule has 9 nitrogen and oxygen atoms in total. The summed E-state index contributed by atoms with van der Waals surface area (Å²) >= 11 is 0. The predicted octanol–water partition coefficient (Wildman–Crippen LogP) is 2.48. The van der Waals surface area contributed by atoms with E-state index in [9.17, 15) is 37.4 Å². The molecule has 0 bridgehead atoms. The molecule has 2 aliphatic heterocycles. The molecule has 192 valence electrons. The van der Waals surface area contributed by atoms with Crippen LogP contribution in [0.4, 0.5) is 17.6 Å². The number of aliphatic carboxylic acids is 2. The van der Waals surface area contributed by atoms with Gasteiger partial charge in [-0.25, -0.2) is 27.3 Å². The number of carbonyl (C=O) groups is 2. The van der Waals surface area contributed by atoms with Crippen LogP contribution in [0.5, 0.6) is 0 Å². The molecule has 1 saturated heterocycles. The number of alkyl halides is 2. The lowest BCUT2D eigenvalue weighted by molar-refractivity contribution is -0.142. The summed E-state index contributed by atoms with van der Waals surface area (Å²) in [5, 5.41) is 22.4. The minimum atomic E-state index is -3.28. The predicted molar refractivity (Wildman–Crippen MR) is 119 cm³/mol. The van der Waals surface area contributed by atoms with Gasteiger partial charge in [0.25, 0.3) is 5.92 Å². The lowest BCUT2D eigenvalue weighted by atomic mass is 9.90. The zero-order valence-corrected chi connectivity index (χ0v) is 19.3. The third kappa shape index (κ3) is 4.57. The van der Waals surface area contributed by atoms with E-state index < -0.39 is 66.7 Å². The maximum atomic E-state index is 14.7. The van der Waals surface area contributed by atoms with Gasteiger partial charge in [0.2, 0.25) is 0 Å². The van der Waals surface area contributed by atoms with Gasteiger partial charge in [0.1, 0.15) is 12.1 Å². The first-order chi connectivity index (χ1) is 16.9. The molecule has 0 unspecified atom stereocenters. The normalized spacial score (nSPS) is 21.9. The molecule has 3 heterocycles. The van der Waals surface area contributed by atoms with Crippen LogP contribution in [0.1, 0.15) is 36.3 Å². The first-order valence-electron chi connectivity index (χ1n) is 11.0. The lowest BCUT2D eigenvalue weighted by Gasteiger charge is -2.30. The van der Waals surface area contributed by atoms with Gasteiger partial charge in [-0.2, -0.15) is 0 Å². The van der Waals surface area contributed by atoms with Crippen molar-refractivity contribution in [2.45, 2.75) is 37.8 Å². The average molecular weight is 509 g/mol. The highest BCUT2D eigenvalue weighted by molar-refractivity contribution is 6.01. The number of carboxylic acid groups (broad SMARTS) is 2. The number of carboxylic acids is 2. The molecular formula is C23H23F4N5O4. The van der Waals surface area contributed by atoms with Crippen LogP contribution >= 0.6 is 0 Å². The van der Waals surface area contributed by atoms with Crippen molar-refractivity contribution in [3.8, 4) is 0 Å². The van der Waals surface area contributed by atoms with Gasteiger partial charge < -0.3 is 20.1 Å². The van der Waals surface area contributed by atoms with Gasteiger partial charge in [0.15, 0.2) is 23.3 Å². The average Bonchev–Trinajstić information content (AvgIpc) is 3.36. The molecular weight excluding hydrogens is 486 g/mol. The van der Waals surface area contributed by atoms with E-state index in [4.69, 9.17) is 0 Å². The Hall–Kier alpha value is -3.74. The molecule has 2 aliphatic rings. The number of halogens is 4. The van der Waals surface area contributed by atoms with Crippen molar-refractivity contribution < 1.29 is 37.4 Å². The number of imidazole rings is 1. The third-order valence-corrected chi connectivity index (χ3v) is 6.28. The van der Waals surface area contributed by atoms with Gasteiger partial charge in [0, 0.05) is 38.1 Å². The molecule has 0 amide bonds. The standard InChI is InChI=1S/C23H23F4N5O4/c1-3-11-12(4-5-13(24)17(11)25)18-16(22(35)36)14(29-19(30-18)20-28-6-7-31(20)2)9-32-10-23(26,27)8-15(32)21(33)34/h4-7,15,18H,3,8-10H2,1-2H3,(H,29,30)(H,33,34)(H,35,36)/t15-,18-/m0/s1. The van der Waals surface area contributed by atoms with Crippen LogP contribution < -0.4 is 5.32 Å². The monoisotopic (exact) mass is 509 g/mol. The molecule has 2 atom stereocenters. The first kappa shape index (κ1) is 25.4. The molecule has 13 heteroatoms. The number of hydrogen-bond donors (Lipinski definition) is 3. The second-order valence-electron chi connectivity index (χ2n) is 8.67. The highest BCUT2D eigenvalue weighted by atomic mass is 19.3. The molecule has 1 aromatic heterocycles. The number of aromatic nitrogens is 2. The SMILES string of the molecule is CCc1c([C@@H]2N=C(c3nccn3C)NC(CN3CC(F)(F)C[C@H]3C(=O)O)=C2C(=O)O)ccc(F)c1F. The number of rotatable bonds is 7. The number of aryl methyl sites for hydroxylation is 1. The molecule has 1 aromatic carbocycles. The highest BCUT2D eigenvalue weighted by Crippen LogP contribution is 2.37. The fourth-order valence-electron chi connectivity index (χ4n) is 4.62. The van der Waals surface area contributed by atoms with E-state index in [0.29, 0.717) is 0 Å². The van der Waals surface area contributed by atoms with Crippen molar-refractivity contribution in [1.29, 1.82) is 0 Å². The maximum absolute atomic E-state index is 14.7. The Bertz CT molecular complexity index is 1290. The zero-order chi connectivity index (χ0) is 26.4. The van der Waals surface area contributed by atoms with Crippen LogP contribution in [0.2, 0.25) is 0 Å². The molecule has 4 rings (SSSR count). The smallest absolute Gasteiger partial charge is 0.335 e. The quantitative estimate of drug-likeness (QED) is 0.491. The molecule has 2 aromatic rings. The molecule has 0 spiro atoms. The third-order valence-electron chi connectivity index (χ3n) is 6.28. The van der Waals surface area contributed by atoms with Crippen LogP contribution in [0.15, 0.2) is 40.8 Å². The number of nitrogens with one attached hydrogen (secondary N) is 1.